The van der Waals surface area contributed by atoms with Crippen LogP contribution in [0.1, 0.15) is 35.2 Å². The Morgan fingerprint density at radius 2 is 2.09 bits per heavy atom. The molecule has 1 aromatic carbocycles. The molecular formula is C18H18FN3. The Balaban J connectivity index is 1.70. The van der Waals surface area contributed by atoms with Crippen LogP contribution in [0.3, 0.4) is 0 Å². The number of benzene rings is 1. The van der Waals surface area contributed by atoms with Crippen molar-refractivity contribution in [3.63, 3.8) is 0 Å². The first-order valence-electron chi connectivity index (χ1n) is 7.67. The highest BCUT2D eigenvalue weighted by Gasteiger charge is 2.14. The molecule has 1 aromatic heterocycles. The normalized spacial score (nSPS) is 13.3. The van der Waals surface area contributed by atoms with Crippen LogP contribution in [0.25, 0.3) is 0 Å². The Kier molecular flexibility index (Phi) is 4.34. The molecule has 0 atom stereocenters. The predicted molar refractivity (Wildman–Crippen MR) is 84.2 cm³/mol. The highest BCUT2D eigenvalue weighted by atomic mass is 19.1. The minimum atomic E-state index is -0.220. The van der Waals surface area contributed by atoms with Gasteiger partial charge in [-0.25, -0.2) is 9.37 Å². The van der Waals surface area contributed by atoms with Crippen LogP contribution in [-0.2, 0) is 19.3 Å². The molecule has 4 heteroatoms. The van der Waals surface area contributed by atoms with Gasteiger partial charge in [0.1, 0.15) is 17.7 Å². The lowest BCUT2D eigenvalue weighted by atomic mass is 9.95. The lowest BCUT2D eigenvalue weighted by Gasteiger charge is -2.17. The van der Waals surface area contributed by atoms with Gasteiger partial charge in [-0.05, 0) is 61.4 Å². The minimum absolute atomic E-state index is 0.220. The molecule has 0 saturated carbocycles. The second kappa shape index (κ2) is 6.57. The van der Waals surface area contributed by atoms with Gasteiger partial charge >= 0.3 is 0 Å². The van der Waals surface area contributed by atoms with Gasteiger partial charge in [-0.1, -0.05) is 12.1 Å². The van der Waals surface area contributed by atoms with E-state index in [0.29, 0.717) is 24.3 Å². The summed E-state index contributed by atoms with van der Waals surface area (Å²) in [5, 5.41) is 12.5. The lowest BCUT2D eigenvalue weighted by Crippen LogP contribution is -2.12. The van der Waals surface area contributed by atoms with E-state index in [4.69, 9.17) is 0 Å². The van der Waals surface area contributed by atoms with Crippen molar-refractivity contribution in [2.24, 2.45) is 0 Å². The smallest absolute Gasteiger partial charge is 0.144 e. The average molecular weight is 295 g/mol. The number of aryl methyl sites for hydroxylation is 2. The summed E-state index contributed by atoms with van der Waals surface area (Å²) in [7, 11) is 0. The molecule has 0 unspecified atom stereocenters. The molecule has 1 aliphatic carbocycles. The quantitative estimate of drug-likeness (QED) is 0.937. The Hall–Kier alpha value is -2.41. The number of hydrogen-bond acceptors (Lipinski definition) is 3. The monoisotopic (exact) mass is 295 g/mol. The van der Waals surface area contributed by atoms with Crippen LogP contribution >= 0.6 is 0 Å². The van der Waals surface area contributed by atoms with Gasteiger partial charge in [0.05, 0.1) is 5.56 Å². The number of hydrogen-bond donors (Lipinski definition) is 1. The average Bonchev–Trinajstić information content (AvgIpc) is 2.54. The molecule has 112 valence electrons. The predicted octanol–water partition coefficient (Wildman–Crippen LogP) is 3.63. The van der Waals surface area contributed by atoms with E-state index in [1.54, 1.807) is 6.07 Å². The zero-order valence-electron chi connectivity index (χ0n) is 12.4. The van der Waals surface area contributed by atoms with Crippen LogP contribution in [0.2, 0.25) is 0 Å². The SMILES string of the molecule is N#Cc1cc2c(nc1NCCc1cccc(F)c1)CCCC2. The van der Waals surface area contributed by atoms with Gasteiger partial charge in [-0.3, -0.25) is 0 Å². The van der Waals surface area contributed by atoms with E-state index in [0.717, 1.165) is 30.5 Å². The molecule has 22 heavy (non-hydrogen) atoms. The number of halogens is 1. The molecule has 2 aromatic rings. The maximum absolute atomic E-state index is 13.1. The van der Waals surface area contributed by atoms with Gasteiger partial charge in [-0.15, -0.1) is 0 Å². The highest BCUT2D eigenvalue weighted by molar-refractivity contribution is 5.54. The third-order valence-electron chi connectivity index (χ3n) is 4.02. The summed E-state index contributed by atoms with van der Waals surface area (Å²) in [4.78, 5) is 4.63. The zero-order valence-corrected chi connectivity index (χ0v) is 12.4. The van der Waals surface area contributed by atoms with Crippen molar-refractivity contribution in [3.05, 3.63) is 58.5 Å². The molecule has 0 spiro atoms. The molecule has 1 heterocycles. The third kappa shape index (κ3) is 3.25. The van der Waals surface area contributed by atoms with Crippen LogP contribution in [0.15, 0.2) is 30.3 Å². The molecule has 0 fully saturated rings. The number of aromatic nitrogens is 1. The molecule has 3 nitrogen and oxygen atoms in total. The molecule has 0 saturated heterocycles. The molecule has 1 N–H and O–H groups in total. The van der Waals surface area contributed by atoms with Gasteiger partial charge in [0, 0.05) is 12.2 Å². The van der Waals surface area contributed by atoms with Crippen molar-refractivity contribution in [3.8, 4) is 6.07 Å². The van der Waals surface area contributed by atoms with E-state index in [-0.39, 0.29) is 5.82 Å². The molecular weight excluding hydrogens is 277 g/mol. The lowest BCUT2D eigenvalue weighted by molar-refractivity contribution is 0.625. The van der Waals surface area contributed by atoms with Gasteiger partial charge in [-0.2, -0.15) is 5.26 Å². The first-order valence-corrected chi connectivity index (χ1v) is 7.67. The maximum atomic E-state index is 13.1. The Bertz CT molecular complexity index is 719. The van der Waals surface area contributed by atoms with E-state index in [1.807, 2.05) is 12.1 Å². The number of nitrogens with zero attached hydrogens (tertiary/aromatic N) is 2. The van der Waals surface area contributed by atoms with E-state index in [1.165, 1.54) is 24.1 Å². The minimum Gasteiger partial charge on any atom is -0.369 e. The molecule has 0 bridgehead atoms. The first-order chi connectivity index (χ1) is 10.8. The van der Waals surface area contributed by atoms with E-state index >= 15 is 0 Å². The first kappa shape index (κ1) is 14.5. The van der Waals surface area contributed by atoms with E-state index < -0.39 is 0 Å². The molecule has 0 aliphatic heterocycles. The van der Waals surface area contributed by atoms with Crippen molar-refractivity contribution in [2.45, 2.75) is 32.1 Å². The topological polar surface area (TPSA) is 48.7 Å². The zero-order chi connectivity index (χ0) is 15.4. The summed E-state index contributed by atoms with van der Waals surface area (Å²) in [6.07, 6.45) is 5.03. The molecule has 0 amide bonds. The van der Waals surface area contributed by atoms with Crippen molar-refractivity contribution < 1.29 is 4.39 Å². The van der Waals surface area contributed by atoms with E-state index in [9.17, 15) is 9.65 Å². The summed E-state index contributed by atoms with van der Waals surface area (Å²) in [5.74, 6) is 0.432. The second-order valence-corrected chi connectivity index (χ2v) is 5.62. The number of nitrogens with one attached hydrogen (secondary N) is 1. The summed E-state index contributed by atoms with van der Waals surface area (Å²) in [6, 6.07) is 10.8. The highest BCUT2D eigenvalue weighted by Crippen LogP contribution is 2.24. The summed E-state index contributed by atoms with van der Waals surface area (Å²) in [6.45, 7) is 0.629. The largest absolute Gasteiger partial charge is 0.369 e. The van der Waals surface area contributed by atoms with Crippen LogP contribution in [0.5, 0.6) is 0 Å². The molecule has 0 radical (unpaired) electrons. The maximum Gasteiger partial charge on any atom is 0.144 e. The van der Waals surface area contributed by atoms with Crippen molar-refractivity contribution in [2.75, 3.05) is 11.9 Å². The van der Waals surface area contributed by atoms with Crippen molar-refractivity contribution >= 4 is 5.82 Å². The van der Waals surface area contributed by atoms with Crippen molar-refractivity contribution in [1.82, 2.24) is 4.98 Å². The van der Waals surface area contributed by atoms with Crippen LogP contribution in [0, 0.1) is 17.1 Å². The van der Waals surface area contributed by atoms with Crippen LogP contribution in [0.4, 0.5) is 10.2 Å². The fourth-order valence-corrected chi connectivity index (χ4v) is 2.87. The standard InChI is InChI=1S/C18H18FN3/c19-16-6-3-4-13(10-16)8-9-21-18-15(12-20)11-14-5-1-2-7-17(14)22-18/h3-4,6,10-11H,1-2,5,7-9H2,(H,21,22). The second-order valence-electron chi connectivity index (χ2n) is 5.62. The molecule has 3 rings (SSSR count). The fourth-order valence-electron chi connectivity index (χ4n) is 2.87. The molecule has 1 aliphatic rings. The Morgan fingerprint density at radius 1 is 1.23 bits per heavy atom. The Morgan fingerprint density at radius 3 is 2.91 bits per heavy atom. The van der Waals surface area contributed by atoms with Crippen LogP contribution in [-0.4, -0.2) is 11.5 Å². The van der Waals surface area contributed by atoms with Gasteiger partial charge in [0.2, 0.25) is 0 Å². The summed E-state index contributed by atoms with van der Waals surface area (Å²) in [5.41, 5.74) is 3.85. The fraction of sp³-hybridized carbons (Fsp3) is 0.333. The Labute approximate surface area is 129 Å². The van der Waals surface area contributed by atoms with Gasteiger partial charge < -0.3 is 5.32 Å². The number of rotatable bonds is 4. The number of fused-ring (bicyclic) bond motifs is 1. The number of nitriles is 1. The summed E-state index contributed by atoms with van der Waals surface area (Å²) >= 11 is 0. The van der Waals surface area contributed by atoms with Crippen molar-refractivity contribution in [1.29, 1.82) is 5.26 Å². The number of pyridine rings is 1. The number of anilines is 1. The van der Waals surface area contributed by atoms with Gasteiger partial charge in [0.15, 0.2) is 0 Å². The van der Waals surface area contributed by atoms with E-state index in [2.05, 4.69) is 16.4 Å². The van der Waals surface area contributed by atoms with Crippen LogP contribution < -0.4 is 5.32 Å². The van der Waals surface area contributed by atoms with Gasteiger partial charge in [0.25, 0.3) is 0 Å². The third-order valence-corrected chi connectivity index (χ3v) is 4.02. The summed E-state index contributed by atoms with van der Waals surface area (Å²) < 4.78 is 13.1.